The molecule has 0 aliphatic rings. The molecule has 3 rings (SSSR count). The minimum Gasteiger partial charge on any atom is -0.322 e. The molecule has 0 unspecified atom stereocenters. The highest BCUT2D eigenvalue weighted by molar-refractivity contribution is 6.02. The molecule has 130 valence electrons. The van der Waals surface area contributed by atoms with Crippen molar-refractivity contribution < 1.29 is 14.1 Å². The summed E-state index contributed by atoms with van der Waals surface area (Å²) in [5.74, 6) is -1.08. The maximum absolute atomic E-state index is 14.2. The molecule has 1 heterocycles. The van der Waals surface area contributed by atoms with Gasteiger partial charge in [-0.05, 0) is 36.4 Å². The van der Waals surface area contributed by atoms with Crippen LogP contribution in [0.2, 0.25) is 0 Å². The van der Waals surface area contributed by atoms with Gasteiger partial charge in [0.2, 0.25) is 5.91 Å². The third kappa shape index (κ3) is 3.81. The maximum atomic E-state index is 14.2. The Morgan fingerprint density at radius 1 is 1.23 bits per heavy atom. The lowest BCUT2D eigenvalue weighted by atomic mass is 10.1. The van der Waals surface area contributed by atoms with Gasteiger partial charge in [-0.2, -0.15) is 5.10 Å². The summed E-state index contributed by atoms with van der Waals surface area (Å²) in [5, 5.41) is 17.4. The van der Waals surface area contributed by atoms with E-state index in [1.54, 1.807) is 24.4 Å². The van der Waals surface area contributed by atoms with Crippen molar-refractivity contribution in [2.24, 2.45) is 0 Å². The normalized spacial score (nSPS) is 10.8. The van der Waals surface area contributed by atoms with Gasteiger partial charge in [0.1, 0.15) is 5.69 Å². The number of benzene rings is 2. The summed E-state index contributed by atoms with van der Waals surface area (Å²) < 4.78 is 15.5. The van der Waals surface area contributed by atoms with Gasteiger partial charge in [0, 0.05) is 30.2 Å². The van der Waals surface area contributed by atoms with E-state index in [1.165, 1.54) is 47.3 Å². The van der Waals surface area contributed by atoms with Crippen LogP contribution < -0.4 is 5.32 Å². The van der Waals surface area contributed by atoms with Crippen molar-refractivity contribution in [1.29, 1.82) is 0 Å². The predicted molar refractivity (Wildman–Crippen MR) is 94.3 cm³/mol. The molecular formula is C18H13FN4O3. The van der Waals surface area contributed by atoms with Crippen LogP contribution in [0.25, 0.3) is 11.8 Å². The van der Waals surface area contributed by atoms with Gasteiger partial charge < -0.3 is 5.32 Å². The maximum Gasteiger partial charge on any atom is 0.276 e. The summed E-state index contributed by atoms with van der Waals surface area (Å²) in [4.78, 5) is 22.4. The lowest BCUT2D eigenvalue weighted by molar-refractivity contribution is -0.385. The molecule has 1 aromatic heterocycles. The summed E-state index contributed by atoms with van der Waals surface area (Å²) >= 11 is 0. The van der Waals surface area contributed by atoms with Crippen LogP contribution in [0.3, 0.4) is 0 Å². The van der Waals surface area contributed by atoms with Gasteiger partial charge in [-0.1, -0.05) is 12.1 Å². The number of carbonyl (C=O) groups is 1. The summed E-state index contributed by atoms with van der Waals surface area (Å²) in [7, 11) is 0. The summed E-state index contributed by atoms with van der Waals surface area (Å²) in [6.45, 7) is 0. The van der Waals surface area contributed by atoms with E-state index in [2.05, 4.69) is 10.4 Å². The smallest absolute Gasteiger partial charge is 0.276 e. The van der Waals surface area contributed by atoms with Crippen LogP contribution in [0.15, 0.2) is 67.0 Å². The van der Waals surface area contributed by atoms with Gasteiger partial charge in [-0.3, -0.25) is 14.9 Å². The van der Waals surface area contributed by atoms with Crippen LogP contribution in [0.1, 0.15) is 5.56 Å². The summed E-state index contributed by atoms with van der Waals surface area (Å²) in [5.41, 5.74) is 0.707. The SMILES string of the molecule is O=C(/C=C/c1ccccc1[N+](=O)[O-])Nc1ccc(-n2cccn2)c(F)c1. The molecule has 7 nitrogen and oxygen atoms in total. The molecule has 0 spiro atoms. The Bertz CT molecular complexity index is 984. The van der Waals surface area contributed by atoms with Crippen molar-refractivity contribution in [3.8, 4) is 5.69 Å². The number of nitro benzene ring substituents is 1. The fourth-order valence-electron chi connectivity index (χ4n) is 2.33. The van der Waals surface area contributed by atoms with Gasteiger partial charge in [0.05, 0.1) is 10.5 Å². The molecule has 0 fully saturated rings. The van der Waals surface area contributed by atoms with Gasteiger partial charge in [-0.15, -0.1) is 0 Å². The molecule has 0 radical (unpaired) electrons. The fraction of sp³-hybridized carbons (Fsp3) is 0. The van der Waals surface area contributed by atoms with E-state index < -0.39 is 16.6 Å². The second-order valence-electron chi connectivity index (χ2n) is 5.26. The van der Waals surface area contributed by atoms with Crippen LogP contribution in [-0.2, 0) is 4.79 Å². The quantitative estimate of drug-likeness (QED) is 0.432. The predicted octanol–water partition coefficient (Wildman–Crippen LogP) is 3.57. The average Bonchev–Trinajstić information content (AvgIpc) is 3.14. The highest BCUT2D eigenvalue weighted by Gasteiger charge is 2.10. The minimum atomic E-state index is -0.547. The number of nitrogens with one attached hydrogen (secondary N) is 1. The Kier molecular flexibility index (Phi) is 4.84. The van der Waals surface area contributed by atoms with E-state index in [9.17, 15) is 19.3 Å². The topological polar surface area (TPSA) is 90.1 Å². The Morgan fingerprint density at radius 2 is 2.04 bits per heavy atom. The molecule has 0 aliphatic heterocycles. The fourth-order valence-corrected chi connectivity index (χ4v) is 2.33. The first-order valence-electron chi connectivity index (χ1n) is 7.56. The molecule has 1 amide bonds. The second-order valence-corrected chi connectivity index (χ2v) is 5.26. The van der Waals surface area contributed by atoms with E-state index in [-0.39, 0.29) is 17.1 Å². The minimum absolute atomic E-state index is 0.105. The number of hydrogen-bond donors (Lipinski definition) is 1. The first-order valence-corrected chi connectivity index (χ1v) is 7.56. The number of nitrogens with zero attached hydrogens (tertiary/aromatic N) is 3. The first kappa shape index (κ1) is 17.0. The molecule has 0 aliphatic carbocycles. The number of anilines is 1. The van der Waals surface area contributed by atoms with Crippen LogP contribution in [-0.4, -0.2) is 20.6 Å². The third-order valence-corrected chi connectivity index (χ3v) is 3.51. The largest absolute Gasteiger partial charge is 0.322 e. The van der Waals surface area contributed by atoms with Crippen molar-refractivity contribution in [3.63, 3.8) is 0 Å². The highest BCUT2D eigenvalue weighted by atomic mass is 19.1. The van der Waals surface area contributed by atoms with E-state index in [1.807, 2.05) is 0 Å². The number of para-hydroxylation sites is 1. The Labute approximate surface area is 147 Å². The number of halogens is 1. The van der Waals surface area contributed by atoms with E-state index >= 15 is 0 Å². The van der Waals surface area contributed by atoms with Crippen LogP contribution in [0, 0.1) is 15.9 Å². The molecule has 0 saturated carbocycles. The number of amides is 1. The molecule has 0 bridgehead atoms. The van der Waals surface area contributed by atoms with Gasteiger partial charge in [0.15, 0.2) is 5.82 Å². The molecule has 1 N–H and O–H groups in total. The highest BCUT2D eigenvalue weighted by Crippen LogP contribution is 2.20. The summed E-state index contributed by atoms with van der Waals surface area (Å²) in [6, 6.07) is 11.9. The third-order valence-electron chi connectivity index (χ3n) is 3.51. The number of rotatable bonds is 5. The van der Waals surface area contributed by atoms with Gasteiger partial charge in [0.25, 0.3) is 5.69 Å². The Balaban J connectivity index is 1.73. The molecular weight excluding hydrogens is 339 g/mol. The van der Waals surface area contributed by atoms with Gasteiger partial charge >= 0.3 is 0 Å². The Hall–Kier alpha value is -3.81. The standard InChI is InChI=1S/C18H13FN4O3/c19-15-12-14(7-8-17(15)22-11-3-10-20-22)21-18(24)9-6-13-4-1-2-5-16(13)23(25)26/h1-12H,(H,21,24)/b9-6+. The second kappa shape index (κ2) is 7.39. The molecule has 26 heavy (non-hydrogen) atoms. The molecule has 2 aromatic carbocycles. The Morgan fingerprint density at radius 3 is 2.73 bits per heavy atom. The number of nitro groups is 1. The van der Waals surface area contributed by atoms with Crippen molar-refractivity contribution >= 4 is 23.4 Å². The van der Waals surface area contributed by atoms with Gasteiger partial charge in [-0.25, -0.2) is 9.07 Å². The van der Waals surface area contributed by atoms with Crippen LogP contribution >= 0.6 is 0 Å². The average molecular weight is 352 g/mol. The molecule has 3 aromatic rings. The number of hydrogen-bond acceptors (Lipinski definition) is 4. The van der Waals surface area contributed by atoms with Crippen LogP contribution in [0.5, 0.6) is 0 Å². The lowest BCUT2D eigenvalue weighted by Gasteiger charge is -2.06. The van der Waals surface area contributed by atoms with Crippen molar-refractivity contribution in [2.45, 2.75) is 0 Å². The zero-order valence-corrected chi connectivity index (χ0v) is 13.4. The molecule has 0 atom stereocenters. The van der Waals surface area contributed by atoms with E-state index in [4.69, 9.17) is 0 Å². The molecule has 0 saturated heterocycles. The van der Waals surface area contributed by atoms with Crippen LogP contribution in [0.4, 0.5) is 15.8 Å². The first-order chi connectivity index (χ1) is 12.5. The zero-order valence-electron chi connectivity index (χ0n) is 13.4. The van der Waals surface area contributed by atoms with Crippen molar-refractivity contribution in [2.75, 3.05) is 5.32 Å². The summed E-state index contributed by atoms with van der Waals surface area (Å²) in [6.07, 6.45) is 5.62. The molecule has 8 heteroatoms. The van der Waals surface area contributed by atoms with E-state index in [0.717, 1.165) is 6.08 Å². The monoisotopic (exact) mass is 352 g/mol. The lowest BCUT2D eigenvalue weighted by Crippen LogP contribution is -2.08. The number of aromatic nitrogens is 2. The zero-order chi connectivity index (χ0) is 18.5. The van der Waals surface area contributed by atoms with Crippen molar-refractivity contribution in [3.05, 3.63) is 88.5 Å². The van der Waals surface area contributed by atoms with Crippen molar-refractivity contribution in [1.82, 2.24) is 9.78 Å². The number of carbonyl (C=O) groups excluding carboxylic acids is 1. The van der Waals surface area contributed by atoms with E-state index in [0.29, 0.717) is 5.56 Å².